The zero-order valence-corrected chi connectivity index (χ0v) is 21.9. The molecule has 0 unspecified atom stereocenters. The predicted octanol–water partition coefficient (Wildman–Crippen LogP) is 7.28. The molecule has 0 N–H and O–H groups in total. The van der Waals surface area contributed by atoms with Crippen LogP contribution in [0.15, 0.2) is 120 Å². The molecule has 4 nitrogen and oxygen atoms in total. The second-order valence-corrected chi connectivity index (χ2v) is 14.0. The van der Waals surface area contributed by atoms with Gasteiger partial charge in [0.15, 0.2) is 0 Å². The van der Waals surface area contributed by atoms with E-state index in [0.29, 0.717) is 5.39 Å². The number of hydrogen-bond acceptors (Lipinski definition) is 4. The van der Waals surface area contributed by atoms with E-state index in [1.54, 1.807) is 12.1 Å². The molecule has 0 aromatic heterocycles. The van der Waals surface area contributed by atoms with Crippen LogP contribution < -0.4 is 0 Å². The van der Waals surface area contributed by atoms with Crippen LogP contribution in [0.25, 0.3) is 32.3 Å². The van der Waals surface area contributed by atoms with Crippen LogP contribution in [0.1, 0.15) is 0 Å². The van der Waals surface area contributed by atoms with Gasteiger partial charge in [-0.05, 0) is 33.0 Å². The molecule has 0 heterocycles. The molecule has 35 heavy (non-hydrogen) atoms. The summed E-state index contributed by atoms with van der Waals surface area (Å²) >= 11 is -1.62. The van der Waals surface area contributed by atoms with Crippen LogP contribution in [-0.2, 0) is 13.2 Å². The van der Waals surface area contributed by atoms with Crippen molar-refractivity contribution in [2.45, 2.75) is 4.90 Å². The fourth-order valence-corrected chi connectivity index (χ4v) is 8.84. The molecule has 0 aliphatic carbocycles. The summed E-state index contributed by atoms with van der Waals surface area (Å²) in [5.74, 6) is 0. The summed E-state index contributed by atoms with van der Waals surface area (Å²) in [6.07, 6.45) is 0. The Morgan fingerprint density at radius 2 is 1.09 bits per heavy atom. The molecule has 6 heteroatoms. The first-order chi connectivity index (χ1) is 17.0. The van der Waals surface area contributed by atoms with Crippen molar-refractivity contribution < 1.29 is 16.0 Å². The maximum absolute atomic E-state index is 11.4. The van der Waals surface area contributed by atoms with Gasteiger partial charge in [0.2, 0.25) is 0 Å². The molecule has 0 saturated carbocycles. The molecule has 0 atom stereocenters. The zero-order chi connectivity index (χ0) is 24.4. The van der Waals surface area contributed by atoms with Gasteiger partial charge in [0.05, 0.1) is 4.90 Å². The maximum atomic E-state index is 11.4. The Morgan fingerprint density at radius 1 is 0.600 bits per heavy atom. The second-order valence-electron chi connectivity index (χ2n) is 7.87. The van der Waals surface area contributed by atoms with Gasteiger partial charge >= 0.3 is 98.2 Å². The first-order valence-corrected chi connectivity index (χ1v) is 15.4. The molecule has 176 valence electrons. The van der Waals surface area contributed by atoms with Crippen molar-refractivity contribution >= 4 is 62.7 Å². The fraction of sp³-hybridized carbons (Fsp3) is 0.0345. The SMILES string of the molecule is COI(c1ccccc1)c1ccccc1.O=S(=O)([O-])c1ccc2ccc3cccc4ccc1c2c34. The Labute approximate surface area is 212 Å². The number of hydrogen-bond donors (Lipinski definition) is 0. The van der Waals surface area contributed by atoms with Gasteiger partial charge in [0, 0.05) is 5.39 Å². The molecule has 6 rings (SSSR count). The van der Waals surface area contributed by atoms with E-state index in [4.69, 9.17) is 3.07 Å². The Balaban J connectivity index is 0.000000152. The standard InChI is InChI=1S/C16H10O3S.C13H13IO/c17-20(18,19)14-9-7-12-5-4-10-2-1-3-11-6-8-13(14)16(12)15(10)11;1-15-14(12-8-4-2-5-9-12)13-10-6-3-7-11-13/h1-9H,(H,17,18,19);2-11H,1H3/p-1. The van der Waals surface area contributed by atoms with Crippen LogP contribution >= 0.6 is 20.2 Å². The van der Waals surface area contributed by atoms with Crippen LogP contribution in [0.4, 0.5) is 0 Å². The number of benzene rings is 6. The number of halogens is 1. The van der Waals surface area contributed by atoms with Crippen molar-refractivity contribution in [1.29, 1.82) is 0 Å². The van der Waals surface area contributed by atoms with Gasteiger partial charge in [-0.2, -0.15) is 0 Å². The maximum Gasteiger partial charge on any atom is 0.125 e. The van der Waals surface area contributed by atoms with Crippen molar-refractivity contribution in [3.8, 4) is 0 Å². The Kier molecular flexibility index (Phi) is 6.71. The van der Waals surface area contributed by atoms with E-state index < -0.39 is 30.4 Å². The number of rotatable bonds is 4. The van der Waals surface area contributed by atoms with Crippen LogP contribution in [0.5, 0.6) is 0 Å². The van der Waals surface area contributed by atoms with E-state index in [9.17, 15) is 13.0 Å². The molecular formula is C29H22IO4S-. The molecule has 0 aliphatic heterocycles. The monoisotopic (exact) mass is 593 g/mol. The quantitative estimate of drug-likeness (QED) is 0.122. The van der Waals surface area contributed by atoms with E-state index in [1.165, 1.54) is 13.2 Å². The molecule has 0 radical (unpaired) electrons. The van der Waals surface area contributed by atoms with Gasteiger partial charge in [-0.25, -0.2) is 8.42 Å². The molecule has 6 aromatic carbocycles. The summed E-state index contributed by atoms with van der Waals surface area (Å²) in [6.45, 7) is 0. The average Bonchev–Trinajstić information content (AvgIpc) is 2.89. The van der Waals surface area contributed by atoms with Crippen molar-refractivity contribution in [2.24, 2.45) is 0 Å². The van der Waals surface area contributed by atoms with E-state index in [-0.39, 0.29) is 4.90 Å². The average molecular weight is 593 g/mol. The summed E-state index contributed by atoms with van der Waals surface area (Å²) in [7, 11) is -2.67. The van der Waals surface area contributed by atoms with Gasteiger partial charge < -0.3 is 4.55 Å². The molecule has 0 fully saturated rings. The largest absolute Gasteiger partial charge is 0.744 e. The van der Waals surface area contributed by atoms with E-state index in [2.05, 4.69) is 48.5 Å². The van der Waals surface area contributed by atoms with Crippen LogP contribution in [0.3, 0.4) is 0 Å². The smallest absolute Gasteiger partial charge is 0.125 e. The normalized spacial score (nSPS) is 12.0. The Morgan fingerprint density at radius 3 is 1.60 bits per heavy atom. The molecule has 0 saturated heterocycles. The third-order valence-corrected chi connectivity index (χ3v) is 11.3. The molecule has 6 aromatic rings. The topological polar surface area (TPSA) is 66.4 Å². The molecule has 0 bridgehead atoms. The zero-order valence-electron chi connectivity index (χ0n) is 18.9. The van der Waals surface area contributed by atoms with Crippen LogP contribution in [0, 0.1) is 7.14 Å². The van der Waals surface area contributed by atoms with Gasteiger partial charge in [-0.15, -0.1) is 0 Å². The van der Waals surface area contributed by atoms with Crippen molar-refractivity contribution in [2.75, 3.05) is 7.11 Å². The van der Waals surface area contributed by atoms with Crippen molar-refractivity contribution in [1.82, 2.24) is 0 Å². The summed E-state index contributed by atoms with van der Waals surface area (Å²) in [5.41, 5.74) is 0. The fourth-order valence-electron chi connectivity index (χ4n) is 4.29. The molecular weight excluding hydrogens is 571 g/mol. The third-order valence-electron chi connectivity index (χ3n) is 5.77. The Bertz CT molecular complexity index is 1650. The minimum Gasteiger partial charge on any atom is -0.744 e. The van der Waals surface area contributed by atoms with Gasteiger partial charge in [-0.3, -0.25) is 0 Å². The van der Waals surface area contributed by atoms with E-state index >= 15 is 0 Å². The predicted molar refractivity (Wildman–Crippen MR) is 149 cm³/mol. The summed E-state index contributed by atoms with van der Waals surface area (Å²) < 4.78 is 42.6. The minimum absolute atomic E-state index is 0.150. The van der Waals surface area contributed by atoms with Crippen molar-refractivity contribution in [3.05, 3.63) is 122 Å². The van der Waals surface area contributed by atoms with E-state index in [1.807, 2.05) is 55.6 Å². The van der Waals surface area contributed by atoms with Gasteiger partial charge in [0.1, 0.15) is 10.1 Å². The Hall–Kier alpha value is -3.04. The minimum atomic E-state index is -4.48. The van der Waals surface area contributed by atoms with E-state index in [0.717, 1.165) is 26.9 Å². The van der Waals surface area contributed by atoms with Gasteiger partial charge in [-0.1, -0.05) is 48.5 Å². The summed E-state index contributed by atoms with van der Waals surface area (Å²) in [4.78, 5) is -0.150. The van der Waals surface area contributed by atoms with Crippen LogP contribution in [0.2, 0.25) is 0 Å². The summed E-state index contributed by atoms with van der Waals surface area (Å²) in [5, 5.41) is 5.38. The first-order valence-electron chi connectivity index (χ1n) is 10.9. The molecule has 0 amide bonds. The summed E-state index contributed by atoms with van der Waals surface area (Å²) in [6, 6.07) is 37.5. The molecule has 0 aliphatic rings. The van der Waals surface area contributed by atoms with Gasteiger partial charge in [0.25, 0.3) is 0 Å². The van der Waals surface area contributed by atoms with Crippen molar-refractivity contribution in [3.63, 3.8) is 0 Å². The second kappa shape index (κ2) is 9.91. The third kappa shape index (κ3) is 4.75. The first kappa shape index (κ1) is 23.7. The van der Waals surface area contributed by atoms with Crippen LogP contribution in [-0.4, -0.2) is 20.1 Å². The molecule has 0 spiro atoms.